The number of aromatic nitrogens is 1. The molecule has 1 amide bonds. The number of benzene rings is 2. The molecular weight excluding hydrogens is 312 g/mol. The molecule has 118 valence electrons. The largest absolute Gasteiger partial charge is 0.497 e. The third kappa shape index (κ3) is 3.66. The summed E-state index contributed by atoms with van der Waals surface area (Å²) in [5, 5.41) is 4.57. The van der Waals surface area contributed by atoms with Crippen molar-refractivity contribution in [3.05, 3.63) is 64.8 Å². The number of fused-ring (bicyclic) bond motifs is 1. The van der Waals surface area contributed by atoms with E-state index in [-0.39, 0.29) is 5.91 Å². The molecule has 0 fully saturated rings. The lowest BCUT2D eigenvalue weighted by Crippen LogP contribution is -2.24. The Hall–Kier alpha value is -2.46. The lowest BCUT2D eigenvalue weighted by Gasteiger charge is -2.06. The SMILES string of the molecule is COc1ccc(CNC(=O)Cc2c[nH]c3ccc(Cl)cc23)cc1. The van der Waals surface area contributed by atoms with Gasteiger partial charge in [0.15, 0.2) is 0 Å². The van der Waals surface area contributed by atoms with E-state index < -0.39 is 0 Å². The zero-order valence-corrected chi connectivity index (χ0v) is 13.5. The highest BCUT2D eigenvalue weighted by Crippen LogP contribution is 2.22. The summed E-state index contributed by atoms with van der Waals surface area (Å²) in [6.07, 6.45) is 2.17. The summed E-state index contributed by atoms with van der Waals surface area (Å²) in [5.41, 5.74) is 2.95. The minimum atomic E-state index is -0.0262. The Balaban J connectivity index is 1.63. The van der Waals surface area contributed by atoms with Gasteiger partial charge in [-0.25, -0.2) is 0 Å². The van der Waals surface area contributed by atoms with Crippen LogP contribution >= 0.6 is 11.6 Å². The quantitative estimate of drug-likeness (QED) is 0.750. The first-order chi connectivity index (χ1) is 11.2. The zero-order chi connectivity index (χ0) is 16.2. The highest BCUT2D eigenvalue weighted by molar-refractivity contribution is 6.31. The van der Waals surface area contributed by atoms with Gasteiger partial charge in [-0.15, -0.1) is 0 Å². The number of methoxy groups -OCH3 is 1. The monoisotopic (exact) mass is 328 g/mol. The molecule has 3 rings (SSSR count). The summed E-state index contributed by atoms with van der Waals surface area (Å²) >= 11 is 6.03. The van der Waals surface area contributed by atoms with Crippen molar-refractivity contribution in [1.29, 1.82) is 0 Å². The second kappa shape index (κ2) is 6.75. The van der Waals surface area contributed by atoms with Crippen LogP contribution in [0.4, 0.5) is 0 Å². The number of hydrogen-bond donors (Lipinski definition) is 2. The van der Waals surface area contributed by atoms with Crippen molar-refractivity contribution >= 4 is 28.4 Å². The Morgan fingerprint density at radius 1 is 1.22 bits per heavy atom. The van der Waals surface area contributed by atoms with Crippen LogP contribution in [-0.4, -0.2) is 18.0 Å². The fraction of sp³-hybridized carbons (Fsp3) is 0.167. The van der Waals surface area contributed by atoms with E-state index in [1.54, 1.807) is 7.11 Å². The van der Waals surface area contributed by atoms with E-state index in [1.165, 1.54) is 0 Å². The minimum Gasteiger partial charge on any atom is -0.497 e. The van der Waals surface area contributed by atoms with E-state index in [1.807, 2.05) is 48.7 Å². The van der Waals surface area contributed by atoms with Crippen molar-refractivity contribution in [1.82, 2.24) is 10.3 Å². The van der Waals surface area contributed by atoms with E-state index in [0.717, 1.165) is 27.8 Å². The maximum absolute atomic E-state index is 12.2. The Morgan fingerprint density at radius 2 is 2.00 bits per heavy atom. The second-order valence-electron chi connectivity index (χ2n) is 5.31. The molecule has 1 heterocycles. The molecule has 0 aliphatic carbocycles. The molecule has 2 N–H and O–H groups in total. The Kier molecular flexibility index (Phi) is 4.53. The first-order valence-corrected chi connectivity index (χ1v) is 7.68. The molecule has 2 aromatic carbocycles. The third-order valence-corrected chi connectivity index (χ3v) is 3.96. The number of hydrogen-bond acceptors (Lipinski definition) is 2. The molecule has 0 spiro atoms. The summed E-state index contributed by atoms with van der Waals surface area (Å²) in [7, 11) is 1.63. The molecule has 0 atom stereocenters. The molecule has 0 unspecified atom stereocenters. The number of H-pyrrole nitrogens is 1. The Bertz CT molecular complexity index is 825. The van der Waals surface area contributed by atoms with Crippen molar-refractivity contribution in [3.63, 3.8) is 0 Å². The molecule has 5 heteroatoms. The molecule has 23 heavy (non-hydrogen) atoms. The second-order valence-corrected chi connectivity index (χ2v) is 5.74. The van der Waals surface area contributed by atoms with Gasteiger partial charge in [-0.3, -0.25) is 4.79 Å². The summed E-state index contributed by atoms with van der Waals surface area (Å²) in [5.74, 6) is 0.775. The summed E-state index contributed by atoms with van der Waals surface area (Å²) < 4.78 is 5.11. The average molecular weight is 329 g/mol. The number of halogens is 1. The van der Waals surface area contributed by atoms with Gasteiger partial charge in [-0.05, 0) is 41.5 Å². The molecule has 1 aromatic heterocycles. The minimum absolute atomic E-state index is 0.0262. The van der Waals surface area contributed by atoms with Gasteiger partial charge >= 0.3 is 0 Å². The summed E-state index contributed by atoms with van der Waals surface area (Å²) in [6.45, 7) is 0.492. The number of aromatic amines is 1. The summed E-state index contributed by atoms with van der Waals surface area (Å²) in [4.78, 5) is 15.3. The molecule has 0 bridgehead atoms. The lowest BCUT2D eigenvalue weighted by atomic mass is 10.1. The van der Waals surface area contributed by atoms with Crippen molar-refractivity contribution < 1.29 is 9.53 Å². The van der Waals surface area contributed by atoms with Gasteiger partial charge in [0.2, 0.25) is 5.91 Å². The number of nitrogens with one attached hydrogen (secondary N) is 2. The molecule has 0 saturated heterocycles. The van der Waals surface area contributed by atoms with Crippen LogP contribution in [-0.2, 0) is 17.8 Å². The van der Waals surface area contributed by atoms with E-state index >= 15 is 0 Å². The van der Waals surface area contributed by atoms with Gasteiger partial charge in [0, 0.05) is 28.7 Å². The van der Waals surface area contributed by atoms with Crippen LogP contribution in [0.2, 0.25) is 5.02 Å². The van der Waals surface area contributed by atoms with Gasteiger partial charge in [0.05, 0.1) is 13.5 Å². The molecule has 3 aromatic rings. The van der Waals surface area contributed by atoms with E-state index in [0.29, 0.717) is 18.0 Å². The van der Waals surface area contributed by atoms with E-state index in [4.69, 9.17) is 16.3 Å². The number of amides is 1. The van der Waals surface area contributed by atoms with Crippen LogP contribution in [0, 0.1) is 0 Å². The summed E-state index contributed by atoms with van der Waals surface area (Å²) in [6, 6.07) is 13.2. The maximum Gasteiger partial charge on any atom is 0.224 e. The predicted octanol–water partition coefficient (Wildman–Crippen LogP) is 3.69. The van der Waals surface area contributed by atoms with Gasteiger partial charge in [-0.2, -0.15) is 0 Å². The number of ether oxygens (including phenoxy) is 1. The zero-order valence-electron chi connectivity index (χ0n) is 12.7. The average Bonchev–Trinajstić information content (AvgIpc) is 2.95. The van der Waals surface area contributed by atoms with Crippen LogP contribution in [0.15, 0.2) is 48.7 Å². The van der Waals surface area contributed by atoms with Crippen molar-refractivity contribution in [2.45, 2.75) is 13.0 Å². The molecule has 0 aliphatic heterocycles. The van der Waals surface area contributed by atoms with Gasteiger partial charge in [0.1, 0.15) is 5.75 Å². The fourth-order valence-corrected chi connectivity index (χ4v) is 2.65. The van der Waals surface area contributed by atoms with Crippen LogP contribution in [0.25, 0.3) is 10.9 Å². The molecule has 0 saturated carbocycles. The molecular formula is C18H17ClN2O2. The Morgan fingerprint density at radius 3 is 2.74 bits per heavy atom. The van der Waals surface area contributed by atoms with E-state index in [9.17, 15) is 4.79 Å². The standard InChI is InChI=1S/C18H17ClN2O2/c1-23-15-5-2-12(3-6-15)10-21-18(22)8-13-11-20-17-7-4-14(19)9-16(13)17/h2-7,9,11,20H,8,10H2,1H3,(H,21,22). The molecule has 0 radical (unpaired) electrons. The highest BCUT2D eigenvalue weighted by atomic mass is 35.5. The van der Waals surface area contributed by atoms with Crippen molar-refractivity contribution in [2.75, 3.05) is 7.11 Å². The highest BCUT2D eigenvalue weighted by Gasteiger charge is 2.09. The third-order valence-electron chi connectivity index (χ3n) is 3.73. The number of carbonyl (C=O) groups is 1. The van der Waals surface area contributed by atoms with Gasteiger partial charge in [-0.1, -0.05) is 23.7 Å². The van der Waals surface area contributed by atoms with Crippen LogP contribution in [0.1, 0.15) is 11.1 Å². The lowest BCUT2D eigenvalue weighted by molar-refractivity contribution is -0.120. The normalized spacial score (nSPS) is 10.7. The molecule has 4 nitrogen and oxygen atoms in total. The van der Waals surface area contributed by atoms with Crippen LogP contribution in [0.5, 0.6) is 5.75 Å². The van der Waals surface area contributed by atoms with Crippen molar-refractivity contribution in [2.24, 2.45) is 0 Å². The van der Waals surface area contributed by atoms with Crippen LogP contribution < -0.4 is 10.1 Å². The predicted molar refractivity (Wildman–Crippen MR) is 91.9 cm³/mol. The maximum atomic E-state index is 12.2. The van der Waals surface area contributed by atoms with Gasteiger partial charge < -0.3 is 15.0 Å². The fourth-order valence-electron chi connectivity index (χ4n) is 2.48. The number of carbonyl (C=O) groups excluding carboxylic acids is 1. The number of rotatable bonds is 5. The Labute approximate surface area is 139 Å². The smallest absolute Gasteiger partial charge is 0.224 e. The van der Waals surface area contributed by atoms with Crippen molar-refractivity contribution in [3.8, 4) is 5.75 Å². The topological polar surface area (TPSA) is 54.1 Å². The van der Waals surface area contributed by atoms with Gasteiger partial charge in [0.25, 0.3) is 0 Å². The molecule has 0 aliphatic rings. The van der Waals surface area contributed by atoms with Crippen LogP contribution in [0.3, 0.4) is 0 Å². The van der Waals surface area contributed by atoms with E-state index in [2.05, 4.69) is 10.3 Å². The first kappa shape index (κ1) is 15.4. The first-order valence-electron chi connectivity index (χ1n) is 7.31.